The fourth-order valence-electron chi connectivity index (χ4n) is 1.29. The molecule has 0 N–H and O–H groups in total. The summed E-state index contributed by atoms with van der Waals surface area (Å²) in [6.45, 7) is 0. The lowest BCUT2D eigenvalue weighted by Crippen LogP contribution is -1.81. The van der Waals surface area contributed by atoms with Crippen LogP contribution in [-0.2, 0) is 0 Å². The van der Waals surface area contributed by atoms with Gasteiger partial charge in [-0.05, 0) is 18.2 Å². The fourth-order valence-corrected chi connectivity index (χ4v) is 2.69. The van der Waals surface area contributed by atoms with Gasteiger partial charge in [0.05, 0.1) is 0 Å². The van der Waals surface area contributed by atoms with E-state index in [1.165, 1.54) is 6.07 Å². The van der Waals surface area contributed by atoms with E-state index in [1.54, 1.807) is 12.1 Å². The Labute approximate surface area is 92.0 Å². The van der Waals surface area contributed by atoms with Gasteiger partial charge in [0.1, 0.15) is 5.82 Å². The second kappa shape index (κ2) is 3.39. The Bertz CT molecular complexity index is 457. The topological polar surface area (TPSA) is 0 Å². The SMILES string of the molecule is Fc1ccc(Br)c2c(Br)cccc12. The van der Waals surface area contributed by atoms with Gasteiger partial charge in [0.25, 0.3) is 0 Å². The fraction of sp³-hybridized carbons (Fsp3) is 0. The van der Waals surface area contributed by atoms with Gasteiger partial charge in [-0.15, -0.1) is 0 Å². The highest BCUT2D eigenvalue weighted by Crippen LogP contribution is 2.32. The maximum Gasteiger partial charge on any atom is 0.131 e. The Morgan fingerprint density at radius 1 is 0.923 bits per heavy atom. The second-order valence-electron chi connectivity index (χ2n) is 2.69. The molecule has 0 heterocycles. The van der Waals surface area contributed by atoms with Crippen LogP contribution >= 0.6 is 31.9 Å². The average Bonchev–Trinajstić information content (AvgIpc) is 2.12. The van der Waals surface area contributed by atoms with E-state index in [1.807, 2.05) is 12.1 Å². The molecule has 0 fully saturated rings. The Morgan fingerprint density at radius 2 is 1.62 bits per heavy atom. The Morgan fingerprint density at radius 3 is 2.31 bits per heavy atom. The molecule has 2 aromatic rings. The molecule has 0 aromatic heterocycles. The molecular weight excluding hydrogens is 299 g/mol. The van der Waals surface area contributed by atoms with Crippen molar-refractivity contribution >= 4 is 42.6 Å². The van der Waals surface area contributed by atoms with Gasteiger partial charge in [0, 0.05) is 19.7 Å². The molecule has 0 radical (unpaired) electrons. The third-order valence-corrected chi connectivity index (χ3v) is 3.21. The summed E-state index contributed by atoms with van der Waals surface area (Å²) in [7, 11) is 0. The molecule has 0 saturated carbocycles. The minimum absolute atomic E-state index is 0.195. The average molecular weight is 304 g/mol. The van der Waals surface area contributed by atoms with Crippen molar-refractivity contribution in [3.05, 3.63) is 45.1 Å². The molecule has 0 spiro atoms. The highest BCUT2D eigenvalue weighted by atomic mass is 79.9. The number of rotatable bonds is 0. The lowest BCUT2D eigenvalue weighted by atomic mass is 10.1. The summed E-state index contributed by atoms with van der Waals surface area (Å²) in [4.78, 5) is 0. The highest BCUT2D eigenvalue weighted by molar-refractivity contribution is 9.11. The summed E-state index contributed by atoms with van der Waals surface area (Å²) in [5.41, 5.74) is 0. The van der Waals surface area contributed by atoms with Crippen molar-refractivity contribution in [2.75, 3.05) is 0 Å². The third-order valence-electron chi connectivity index (χ3n) is 1.89. The molecule has 2 rings (SSSR count). The smallest absolute Gasteiger partial charge is 0.131 e. The van der Waals surface area contributed by atoms with Crippen LogP contribution < -0.4 is 0 Å². The van der Waals surface area contributed by atoms with Crippen molar-refractivity contribution in [2.24, 2.45) is 0 Å². The van der Waals surface area contributed by atoms with E-state index in [-0.39, 0.29) is 5.82 Å². The first-order valence-corrected chi connectivity index (χ1v) is 5.31. The largest absolute Gasteiger partial charge is 0.206 e. The summed E-state index contributed by atoms with van der Waals surface area (Å²) in [5.74, 6) is -0.195. The molecule has 0 bridgehead atoms. The van der Waals surface area contributed by atoms with Gasteiger partial charge in [0.2, 0.25) is 0 Å². The molecule has 0 aliphatic heterocycles. The van der Waals surface area contributed by atoms with Crippen molar-refractivity contribution in [1.82, 2.24) is 0 Å². The molecular formula is C10H5Br2F. The minimum Gasteiger partial charge on any atom is -0.206 e. The second-order valence-corrected chi connectivity index (χ2v) is 4.40. The van der Waals surface area contributed by atoms with E-state index in [4.69, 9.17) is 0 Å². The number of hydrogen-bond acceptors (Lipinski definition) is 0. The maximum absolute atomic E-state index is 13.3. The first-order chi connectivity index (χ1) is 6.20. The van der Waals surface area contributed by atoms with Crippen LogP contribution in [0.5, 0.6) is 0 Å². The van der Waals surface area contributed by atoms with Gasteiger partial charge < -0.3 is 0 Å². The lowest BCUT2D eigenvalue weighted by Gasteiger charge is -2.03. The summed E-state index contributed by atoms with van der Waals surface area (Å²) in [6.07, 6.45) is 0. The van der Waals surface area contributed by atoms with Crippen LogP contribution in [0.1, 0.15) is 0 Å². The molecule has 0 nitrogen and oxygen atoms in total. The van der Waals surface area contributed by atoms with Gasteiger partial charge in [-0.3, -0.25) is 0 Å². The van der Waals surface area contributed by atoms with Crippen molar-refractivity contribution in [1.29, 1.82) is 0 Å². The molecule has 0 atom stereocenters. The van der Waals surface area contributed by atoms with Gasteiger partial charge in [-0.1, -0.05) is 44.0 Å². The molecule has 13 heavy (non-hydrogen) atoms. The molecule has 0 unspecified atom stereocenters. The molecule has 0 saturated heterocycles. The molecule has 0 aliphatic rings. The normalized spacial score (nSPS) is 10.7. The van der Waals surface area contributed by atoms with Gasteiger partial charge in [-0.25, -0.2) is 4.39 Å². The van der Waals surface area contributed by atoms with Crippen LogP contribution in [0.4, 0.5) is 4.39 Å². The van der Waals surface area contributed by atoms with Crippen LogP contribution in [0.15, 0.2) is 39.3 Å². The quantitative estimate of drug-likeness (QED) is 0.672. The van der Waals surface area contributed by atoms with E-state index in [0.29, 0.717) is 5.39 Å². The first-order valence-electron chi connectivity index (χ1n) is 3.72. The molecule has 2 aromatic carbocycles. The van der Waals surface area contributed by atoms with Crippen LogP contribution in [0.2, 0.25) is 0 Å². The van der Waals surface area contributed by atoms with E-state index in [9.17, 15) is 4.39 Å². The van der Waals surface area contributed by atoms with Crippen LogP contribution in [0.25, 0.3) is 10.8 Å². The van der Waals surface area contributed by atoms with E-state index >= 15 is 0 Å². The van der Waals surface area contributed by atoms with Crippen molar-refractivity contribution in [3.8, 4) is 0 Å². The van der Waals surface area contributed by atoms with Gasteiger partial charge >= 0.3 is 0 Å². The van der Waals surface area contributed by atoms with E-state index in [2.05, 4.69) is 31.9 Å². The van der Waals surface area contributed by atoms with Crippen LogP contribution in [0.3, 0.4) is 0 Å². The summed E-state index contributed by atoms with van der Waals surface area (Å²) in [5, 5.41) is 1.51. The summed E-state index contributed by atoms with van der Waals surface area (Å²) >= 11 is 6.77. The third kappa shape index (κ3) is 1.51. The molecule has 66 valence electrons. The predicted octanol–water partition coefficient (Wildman–Crippen LogP) is 4.50. The number of hydrogen-bond donors (Lipinski definition) is 0. The lowest BCUT2D eigenvalue weighted by molar-refractivity contribution is 0.639. The zero-order valence-corrected chi connectivity index (χ0v) is 9.69. The molecule has 0 aliphatic carbocycles. The van der Waals surface area contributed by atoms with Crippen LogP contribution in [0, 0.1) is 5.82 Å². The van der Waals surface area contributed by atoms with E-state index < -0.39 is 0 Å². The number of benzene rings is 2. The Hall–Kier alpha value is -0.410. The van der Waals surface area contributed by atoms with Crippen LogP contribution in [-0.4, -0.2) is 0 Å². The van der Waals surface area contributed by atoms with Crippen molar-refractivity contribution < 1.29 is 4.39 Å². The van der Waals surface area contributed by atoms with E-state index in [0.717, 1.165) is 14.3 Å². The van der Waals surface area contributed by atoms with Crippen molar-refractivity contribution in [3.63, 3.8) is 0 Å². The van der Waals surface area contributed by atoms with Gasteiger partial charge in [0.15, 0.2) is 0 Å². The highest BCUT2D eigenvalue weighted by Gasteiger charge is 2.06. The molecule has 0 amide bonds. The number of fused-ring (bicyclic) bond motifs is 1. The number of halogens is 3. The predicted molar refractivity (Wildman–Crippen MR) is 59.3 cm³/mol. The Kier molecular flexibility index (Phi) is 2.39. The molecule has 3 heteroatoms. The Balaban J connectivity index is 3.00. The van der Waals surface area contributed by atoms with Crippen molar-refractivity contribution in [2.45, 2.75) is 0 Å². The van der Waals surface area contributed by atoms with Gasteiger partial charge in [-0.2, -0.15) is 0 Å². The zero-order valence-electron chi connectivity index (χ0n) is 6.52. The zero-order chi connectivity index (χ0) is 9.42. The monoisotopic (exact) mass is 302 g/mol. The standard InChI is InChI=1S/C10H5Br2F/c11-7-3-1-2-6-9(13)5-4-8(12)10(6)7/h1-5H. The summed E-state index contributed by atoms with van der Waals surface area (Å²) in [6, 6.07) is 8.65. The first kappa shape index (κ1) is 9.16. The summed E-state index contributed by atoms with van der Waals surface area (Å²) < 4.78 is 15.1. The maximum atomic E-state index is 13.3. The minimum atomic E-state index is -0.195.